The molecule has 1 heterocycles. The van der Waals surface area contributed by atoms with Gasteiger partial charge in [-0.15, -0.1) is 6.58 Å². The summed E-state index contributed by atoms with van der Waals surface area (Å²) in [4.78, 5) is 13.3. The zero-order valence-corrected chi connectivity index (χ0v) is 18.7. The van der Waals surface area contributed by atoms with Crippen LogP contribution in [0.25, 0.3) is 0 Å². The smallest absolute Gasteiger partial charge is 0.228 e. The molecular formula is C23H30N2O4S. The first kappa shape index (κ1) is 22.2. The summed E-state index contributed by atoms with van der Waals surface area (Å²) in [5.41, 5.74) is 1.42. The summed E-state index contributed by atoms with van der Waals surface area (Å²) in [5, 5.41) is 2.97. The maximum absolute atomic E-state index is 13.6. The zero-order chi connectivity index (χ0) is 21.9. The van der Waals surface area contributed by atoms with Gasteiger partial charge in [-0.25, -0.2) is 8.42 Å². The van der Waals surface area contributed by atoms with E-state index in [0.29, 0.717) is 23.7 Å². The number of anilines is 1. The fourth-order valence-corrected chi connectivity index (χ4v) is 5.80. The average Bonchev–Trinajstić information content (AvgIpc) is 2.99. The number of hydrogen-bond acceptors (Lipinski definition) is 4. The van der Waals surface area contributed by atoms with Gasteiger partial charge in [0.15, 0.2) is 0 Å². The third-order valence-electron chi connectivity index (χ3n) is 5.94. The predicted octanol–water partition coefficient (Wildman–Crippen LogP) is 4.65. The topological polar surface area (TPSA) is 77.4 Å². The number of allylic oxidation sites excluding steroid dienone is 1. The van der Waals surface area contributed by atoms with Crippen molar-refractivity contribution in [3.8, 4) is 5.75 Å². The highest BCUT2D eigenvalue weighted by Crippen LogP contribution is 2.36. The van der Waals surface area contributed by atoms with E-state index >= 15 is 0 Å². The molecule has 0 aliphatic heterocycles. The summed E-state index contributed by atoms with van der Waals surface area (Å²) in [6.07, 6.45) is 6.58. The van der Waals surface area contributed by atoms with Gasteiger partial charge in [0.05, 0.1) is 12.0 Å². The van der Waals surface area contributed by atoms with Crippen molar-refractivity contribution in [2.24, 2.45) is 5.92 Å². The van der Waals surface area contributed by atoms with Crippen LogP contribution < -0.4 is 10.1 Å². The van der Waals surface area contributed by atoms with Crippen molar-refractivity contribution < 1.29 is 17.9 Å². The first-order chi connectivity index (χ1) is 14.3. The lowest BCUT2D eigenvalue weighted by molar-refractivity contribution is -0.120. The van der Waals surface area contributed by atoms with Gasteiger partial charge in [-0.1, -0.05) is 25.3 Å². The molecule has 0 spiro atoms. The molecule has 1 fully saturated rings. The molecule has 3 rings (SSSR count). The number of nitrogens with zero attached hydrogens (tertiary/aromatic N) is 1. The molecule has 2 aromatic rings. The Hall–Kier alpha value is -2.54. The number of amides is 1. The number of nitrogens with one attached hydrogen (secondary N) is 1. The molecule has 1 aromatic carbocycles. The highest BCUT2D eigenvalue weighted by atomic mass is 32.2. The van der Waals surface area contributed by atoms with Gasteiger partial charge < -0.3 is 14.6 Å². The summed E-state index contributed by atoms with van der Waals surface area (Å²) < 4.78 is 34.1. The van der Waals surface area contributed by atoms with E-state index in [-0.39, 0.29) is 21.6 Å². The molecular weight excluding hydrogens is 400 g/mol. The van der Waals surface area contributed by atoms with E-state index in [9.17, 15) is 13.2 Å². The molecule has 1 aliphatic carbocycles. The van der Waals surface area contributed by atoms with Crippen LogP contribution in [0.4, 0.5) is 5.82 Å². The summed E-state index contributed by atoms with van der Waals surface area (Å²) in [5.74, 6) is 0.722. The minimum atomic E-state index is -3.85. The van der Waals surface area contributed by atoms with Gasteiger partial charge in [-0.3, -0.25) is 4.79 Å². The van der Waals surface area contributed by atoms with E-state index in [1.54, 1.807) is 25.1 Å². The van der Waals surface area contributed by atoms with Crippen molar-refractivity contribution >= 4 is 21.6 Å². The molecule has 30 heavy (non-hydrogen) atoms. The first-order valence-corrected chi connectivity index (χ1v) is 11.8. The zero-order valence-electron chi connectivity index (χ0n) is 17.9. The lowest BCUT2D eigenvalue weighted by Crippen LogP contribution is -2.26. The molecule has 0 unspecified atom stereocenters. The Balaban J connectivity index is 2.09. The minimum absolute atomic E-state index is 0.0806. The minimum Gasteiger partial charge on any atom is -0.497 e. The van der Waals surface area contributed by atoms with Crippen LogP contribution >= 0.6 is 0 Å². The molecule has 1 aromatic heterocycles. The van der Waals surface area contributed by atoms with Crippen LogP contribution in [0.1, 0.15) is 43.4 Å². The Morgan fingerprint density at radius 3 is 2.40 bits per heavy atom. The van der Waals surface area contributed by atoms with Crippen LogP contribution in [0.5, 0.6) is 5.75 Å². The monoisotopic (exact) mass is 430 g/mol. The summed E-state index contributed by atoms with van der Waals surface area (Å²) in [6, 6.07) is 6.30. The van der Waals surface area contributed by atoms with Crippen molar-refractivity contribution in [2.45, 2.75) is 62.3 Å². The van der Waals surface area contributed by atoms with Gasteiger partial charge in [0.2, 0.25) is 15.7 Å². The number of methoxy groups -OCH3 is 1. The van der Waals surface area contributed by atoms with Crippen molar-refractivity contribution in [3.63, 3.8) is 0 Å². The van der Waals surface area contributed by atoms with Crippen LogP contribution in [0.2, 0.25) is 0 Å². The van der Waals surface area contributed by atoms with Gasteiger partial charge in [0, 0.05) is 18.2 Å². The predicted molar refractivity (Wildman–Crippen MR) is 118 cm³/mol. The number of benzene rings is 1. The Bertz CT molecular complexity index is 1030. The highest BCUT2D eigenvalue weighted by molar-refractivity contribution is 7.91. The SMILES string of the molecule is C=CCn1c(C)c(C)c(S(=O)(=O)c2ccc(OC)cc2)c1NC(=O)C1CCCCC1. The van der Waals surface area contributed by atoms with Crippen LogP contribution in [0, 0.1) is 19.8 Å². The van der Waals surface area contributed by atoms with E-state index in [0.717, 1.165) is 37.8 Å². The molecule has 162 valence electrons. The maximum Gasteiger partial charge on any atom is 0.228 e. The third kappa shape index (κ3) is 4.17. The first-order valence-electron chi connectivity index (χ1n) is 10.3. The molecule has 0 bridgehead atoms. The molecule has 1 amide bonds. The Labute approximate surface area is 178 Å². The molecule has 0 radical (unpaired) electrons. The number of aromatic nitrogens is 1. The van der Waals surface area contributed by atoms with E-state index in [2.05, 4.69) is 11.9 Å². The van der Waals surface area contributed by atoms with Gasteiger partial charge in [-0.05, 0) is 56.5 Å². The van der Waals surface area contributed by atoms with E-state index < -0.39 is 9.84 Å². The van der Waals surface area contributed by atoms with Crippen LogP contribution in [0.3, 0.4) is 0 Å². The number of hydrogen-bond donors (Lipinski definition) is 1. The second-order valence-electron chi connectivity index (χ2n) is 7.79. The van der Waals surface area contributed by atoms with E-state index in [4.69, 9.17) is 4.74 Å². The quantitative estimate of drug-likeness (QED) is 0.649. The second-order valence-corrected chi connectivity index (χ2v) is 9.68. The second kappa shape index (κ2) is 9.08. The van der Waals surface area contributed by atoms with Crippen molar-refractivity contribution in [1.29, 1.82) is 0 Å². The Morgan fingerprint density at radius 1 is 1.20 bits per heavy atom. The fourth-order valence-electron chi connectivity index (χ4n) is 4.10. The number of sulfone groups is 1. The number of rotatable bonds is 7. The van der Waals surface area contributed by atoms with Crippen LogP contribution in [-0.4, -0.2) is 26.0 Å². The van der Waals surface area contributed by atoms with Gasteiger partial charge in [0.1, 0.15) is 16.5 Å². The lowest BCUT2D eigenvalue weighted by atomic mass is 9.89. The standard InChI is InChI=1S/C23H30N2O4S/c1-5-15-25-17(3)16(2)21(22(25)24-23(26)18-9-7-6-8-10-18)30(27,28)20-13-11-19(29-4)12-14-20/h5,11-14,18H,1,6-10,15H2,2-4H3,(H,24,26). The summed E-state index contributed by atoms with van der Waals surface area (Å²) in [6.45, 7) is 7.84. The van der Waals surface area contributed by atoms with Crippen LogP contribution in [0.15, 0.2) is 46.7 Å². The van der Waals surface area contributed by atoms with Crippen LogP contribution in [-0.2, 0) is 21.2 Å². The maximum atomic E-state index is 13.6. The fraction of sp³-hybridized carbons (Fsp3) is 0.435. The Kier molecular flexibility index (Phi) is 6.71. The molecule has 7 heteroatoms. The third-order valence-corrected chi connectivity index (χ3v) is 7.87. The molecule has 1 aliphatic rings. The number of carbonyl (C=O) groups is 1. The Morgan fingerprint density at radius 2 is 1.83 bits per heavy atom. The molecule has 6 nitrogen and oxygen atoms in total. The summed E-state index contributed by atoms with van der Waals surface area (Å²) >= 11 is 0. The highest BCUT2D eigenvalue weighted by Gasteiger charge is 2.32. The molecule has 0 atom stereocenters. The van der Waals surface area contributed by atoms with Gasteiger partial charge in [0.25, 0.3) is 0 Å². The molecule has 1 N–H and O–H groups in total. The van der Waals surface area contributed by atoms with Crippen molar-refractivity contribution in [3.05, 3.63) is 48.2 Å². The lowest BCUT2D eigenvalue weighted by Gasteiger charge is -2.22. The molecule has 1 saturated carbocycles. The van der Waals surface area contributed by atoms with E-state index in [1.165, 1.54) is 19.2 Å². The van der Waals surface area contributed by atoms with Gasteiger partial charge in [-0.2, -0.15) is 0 Å². The largest absolute Gasteiger partial charge is 0.497 e. The van der Waals surface area contributed by atoms with Crippen molar-refractivity contribution in [1.82, 2.24) is 4.57 Å². The summed E-state index contributed by atoms with van der Waals surface area (Å²) in [7, 11) is -2.31. The number of ether oxygens (including phenoxy) is 1. The van der Waals surface area contributed by atoms with Gasteiger partial charge >= 0.3 is 0 Å². The normalized spacial score (nSPS) is 15.0. The average molecular weight is 431 g/mol. The van der Waals surface area contributed by atoms with E-state index in [1.807, 2.05) is 11.5 Å². The molecule has 0 saturated heterocycles. The number of carbonyl (C=O) groups excluding carboxylic acids is 1. The van der Waals surface area contributed by atoms with Crippen molar-refractivity contribution in [2.75, 3.05) is 12.4 Å².